The summed E-state index contributed by atoms with van der Waals surface area (Å²) in [5.74, 6) is 1.26. The van der Waals surface area contributed by atoms with Crippen molar-refractivity contribution in [2.45, 2.75) is 26.3 Å². The topological polar surface area (TPSA) is 53.4 Å². The van der Waals surface area contributed by atoms with Gasteiger partial charge in [-0.1, -0.05) is 0 Å². The van der Waals surface area contributed by atoms with Gasteiger partial charge in [-0.15, -0.1) is 0 Å². The average Bonchev–Trinajstić information content (AvgIpc) is 3.12. The number of fused-ring (bicyclic) bond motifs is 1. The zero-order valence-electron chi connectivity index (χ0n) is 13.8. The highest BCUT2D eigenvalue weighted by molar-refractivity contribution is 6.15. The molecular weight excluding hydrogens is 292 g/mol. The van der Waals surface area contributed by atoms with Crippen LogP contribution in [0.15, 0.2) is 30.0 Å². The molecule has 1 aliphatic carbocycles. The second kappa shape index (κ2) is 5.91. The van der Waals surface area contributed by atoms with E-state index in [9.17, 15) is 4.79 Å². The number of aromatic nitrogens is 2. The molecule has 0 spiro atoms. The first kappa shape index (κ1) is 15.3. The van der Waals surface area contributed by atoms with E-state index in [4.69, 9.17) is 9.47 Å². The predicted octanol–water partition coefficient (Wildman–Crippen LogP) is 3.30. The van der Waals surface area contributed by atoms with Crippen LogP contribution in [0.25, 0.3) is 6.08 Å². The van der Waals surface area contributed by atoms with Gasteiger partial charge in [0, 0.05) is 29.8 Å². The van der Waals surface area contributed by atoms with E-state index in [0.717, 1.165) is 16.8 Å². The van der Waals surface area contributed by atoms with E-state index in [-0.39, 0.29) is 11.8 Å². The van der Waals surface area contributed by atoms with Crippen molar-refractivity contribution in [3.63, 3.8) is 0 Å². The van der Waals surface area contributed by atoms with Crippen LogP contribution in [0.2, 0.25) is 0 Å². The minimum atomic E-state index is 0.0393. The molecule has 0 saturated carbocycles. The minimum Gasteiger partial charge on any atom is -0.493 e. The van der Waals surface area contributed by atoms with Crippen molar-refractivity contribution in [3.8, 4) is 11.5 Å². The summed E-state index contributed by atoms with van der Waals surface area (Å²) in [6.45, 7) is 4.13. The Hall–Kier alpha value is -2.56. The van der Waals surface area contributed by atoms with Crippen molar-refractivity contribution in [2.24, 2.45) is 0 Å². The molecule has 0 N–H and O–H groups in total. The Balaban J connectivity index is 2.00. The molecular formula is C18H20N2O3. The van der Waals surface area contributed by atoms with Crippen LogP contribution in [0.1, 0.15) is 41.5 Å². The average molecular weight is 312 g/mol. The number of hydrogen-bond acceptors (Lipinski definition) is 4. The van der Waals surface area contributed by atoms with E-state index in [2.05, 4.69) is 18.9 Å². The normalized spacial score (nSPS) is 15.3. The van der Waals surface area contributed by atoms with Crippen LogP contribution in [0.3, 0.4) is 0 Å². The van der Waals surface area contributed by atoms with E-state index in [1.165, 1.54) is 0 Å². The van der Waals surface area contributed by atoms with Gasteiger partial charge in [0.05, 0.1) is 19.9 Å². The molecule has 3 rings (SSSR count). The highest BCUT2D eigenvalue weighted by Crippen LogP contribution is 2.37. The molecule has 0 aliphatic heterocycles. The van der Waals surface area contributed by atoms with E-state index < -0.39 is 0 Å². The SMILES string of the molecule is COc1cc2c(cc1OC)C(=O)/C(=C\c1ccnn1C(C)C)C2. The molecule has 0 radical (unpaired) electrons. The lowest BCUT2D eigenvalue weighted by Crippen LogP contribution is -2.05. The lowest BCUT2D eigenvalue weighted by molar-refractivity contribution is 0.104. The van der Waals surface area contributed by atoms with Crippen LogP contribution in [0.4, 0.5) is 0 Å². The fourth-order valence-corrected chi connectivity index (χ4v) is 2.90. The summed E-state index contributed by atoms with van der Waals surface area (Å²) >= 11 is 0. The molecule has 0 saturated heterocycles. The number of hydrogen-bond donors (Lipinski definition) is 0. The number of carbonyl (C=O) groups excluding carboxylic acids is 1. The van der Waals surface area contributed by atoms with E-state index in [0.29, 0.717) is 23.5 Å². The van der Waals surface area contributed by atoms with Gasteiger partial charge in [-0.2, -0.15) is 5.10 Å². The lowest BCUT2D eigenvalue weighted by atomic mass is 10.1. The van der Waals surface area contributed by atoms with E-state index in [1.807, 2.05) is 22.9 Å². The summed E-state index contributed by atoms with van der Waals surface area (Å²) in [6, 6.07) is 5.81. The van der Waals surface area contributed by atoms with Gasteiger partial charge in [-0.3, -0.25) is 9.48 Å². The number of rotatable bonds is 4. The van der Waals surface area contributed by atoms with Gasteiger partial charge in [0.25, 0.3) is 0 Å². The first-order chi connectivity index (χ1) is 11.0. The summed E-state index contributed by atoms with van der Waals surface area (Å²) in [4.78, 5) is 12.7. The summed E-state index contributed by atoms with van der Waals surface area (Å²) in [5.41, 5.74) is 3.35. The van der Waals surface area contributed by atoms with Gasteiger partial charge in [-0.25, -0.2) is 0 Å². The molecule has 0 atom stereocenters. The first-order valence-electron chi connectivity index (χ1n) is 7.58. The Bertz CT molecular complexity index is 788. The molecule has 5 nitrogen and oxygen atoms in total. The Morgan fingerprint density at radius 1 is 1.22 bits per heavy atom. The highest BCUT2D eigenvalue weighted by Gasteiger charge is 2.27. The van der Waals surface area contributed by atoms with Gasteiger partial charge in [0.1, 0.15) is 0 Å². The molecule has 23 heavy (non-hydrogen) atoms. The highest BCUT2D eigenvalue weighted by atomic mass is 16.5. The quantitative estimate of drug-likeness (QED) is 0.813. The third-order valence-corrected chi connectivity index (χ3v) is 4.04. The fraction of sp³-hybridized carbons (Fsp3) is 0.333. The summed E-state index contributed by atoms with van der Waals surface area (Å²) in [6.07, 6.45) is 4.27. The number of carbonyl (C=O) groups is 1. The van der Waals surface area contributed by atoms with Crippen molar-refractivity contribution in [1.82, 2.24) is 9.78 Å². The molecule has 0 unspecified atom stereocenters. The first-order valence-corrected chi connectivity index (χ1v) is 7.58. The molecule has 1 aliphatic rings. The van der Waals surface area contributed by atoms with Gasteiger partial charge >= 0.3 is 0 Å². The Morgan fingerprint density at radius 2 is 1.91 bits per heavy atom. The van der Waals surface area contributed by atoms with Crippen LogP contribution in [0, 0.1) is 0 Å². The number of Topliss-reactive ketones (excluding diaryl/α,β-unsaturated/α-hetero) is 1. The fourth-order valence-electron chi connectivity index (χ4n) is 2.90. The largest absolute Gasteiger partial charge is 0.493 e. The zero-order chi connectivity index (χ0) is 16.6. The number of allylic oxidation sites excluding steroid dienone is 1. The van der Waals surface area contributed by atoms with Crippen LogP contribution in [-0.4, -0.2) is 29.8 Å². The standard InChI is InChI=1S/C18H20N2O3/c1-11(2)20-14(5-6-19-20)8-13-7-12-9-16(22-3)17(23-4)10-15(12)18(13)21/h5-6,8-11H,7H2,1-4H3/b13-8-. The second-order valence-electron chi connectivity index (χ2n) is 5.83. The third kappa shape index (κ3) is 2.63. The van der Waals surface area contributed by atoms with Crippen LogP contribution < -0.4 is 9.47 Å². The molecule has 1 aromatic heterocycles. The number of nitrogens with zero attached hydrogens (tertiary/aromatic N) is 2. The molecule has 2 aromatic rings. The Kier molecular flexibility index (Phi) is 3.94. The number of ketones is 1. The van der Waals surface area contributed by atoms with Crippen LogP contribution in [-0.2, 0) is 6.42 Å². The van der Waals surface area contributed by atoms with Crippen LogP contribution in [0.5, 0.6) is 11.5 Å². The predicted molar refractivity (Wildman–Crippen MR) is 88.2 cm³/mol. The van der Waals surface area contributed by atoms with E-state index in [1.54, 1.807) is 26.5 Å². The minimum absolute atomic E-state index is 0.0393. The molecule has 1 aromatic carbocycles. The summed E-state index contributed by atoms with van der Waals surface area (Å²) in [7, 11) is 3.17. The maximum absolute atomic E-state index is 12.7. The van der Waals surface area contributed by atoms with Crippen LogP contribution >= 0.6 is 0 Å². The smallest absolute Gasteiger partial charge is 0.189 e. The third-order valence-electron chi connectivity index (χ3n) is 4.04. The monoisotopic (exact) mass is 312 g/mol. The van der Waals surface area contributed by atoms with Crippen molar-refractivity contribution >= 4 is 11.9 Å². The van der Waals surface area contributed by atoms with Crippen molar-refractivity contribution in [2.75, 3.05) is 14.2 Å². The Labute approximate surface area is 135 Å². The van der Waals surface area contributed by atoms with E-state index >= 15 is 0 Å². The number of ether oxygens (including phenoxy) is 2. The zero-order valence-corrected chi connectivity index (χ0v) is 13.8. The molecule has 1 heterocycles. The molecule has 0 bridgehead atoms. The van der Waals surface area contributed by atoms with Gasteiger partial charge in [0.2, 0.25) is 0 Å². The van der Waals surface area contributed by atoms with Gasteiger partial charge in [-0.05, 0) is 43.7 Å². The molecule has 0 fully saturated rings. The molecule has 120 valence electrons. The molecule has 0 amide bonds. The van der Waals surface area contributed by atoms with Crippen molar-refractivity contribution in [3.05, 3.63) is 46.8 Å². The molecule has 5 heteroatoms. The van der Waals surface area contributed by atoms with Gasteiger partial charge in [0.15, 0.2) is 17.3 Å². The summed E-state index contributed by atoms with van der Waals surface area (Å²) in [5, 5.41) is 4.31. The number of methoxy groups -OCH3 is 2. The second-order valence-corrected chi connectivity index (χ2v) is 5.83. The number of benzene rings is 1. The maximum Gasteiger partial charge on any atom is 0.189 e. The maximum atomic E-state index is 12.7. The lowest BCUT2D eigenvalue weighted by Gasteiger charge is -2.08. The Morgan fingerprint density at radius 3 is 2.57 bits per heavy atom. The summed E-state index contributed by atoms with van der Waals surface area (Å²) < 4.78 is 12.5. The van der Waals surface area contributed by atoms with Crippen molar-refractivity contribution in [1.29, 1.82) is 0 Å². The van der Waals surface area contributed by atoms with Crippen molar-refractivity contribution < 1.29 is 14.3 Å². The van der Waals surface area contributed by atoms with Gasteiger partial charge < -0.3 is 9.47 Å².